The summed E-state index contributed by atoms with van der Waals surface area (Å²) >= 11 is 0. The largest absolute Gasteiger partial charge is 0.478 e. The molecule has 1 aliphatic carbocycles. The van der Waals surface area contributed by atoms with Crippen molar-refractivity contribution in [2.24, 2.45) is 5.92 Å². The van der Waals surface area contributed by atoms with E-state index in [2.05, 4.69) is 23.9 Å². The minimum absolute atomic E-state index is 0.512. The fraction of sp³-hybridized carbons (Fsp3) is 0.429. The first kappa shape index (κ1) is 12.6. The van der Waals surface area contributed by atoms with Crippen molar-refractivity contribution < 1.29 is 9.90 Å². The summed E-state index contributed by atoms with van der Waals surface area (Å²) in [5, 5.41) is 8.54. The Morgan fingerprint density at radius 1 is 1.56 bits per heavy atom. The molecule has 18 heavy (non-hydrogen) atoms. The molecule has 1 atom stereocenters. The number of aliphatic carboxylic acids is 1. The van der Waals surface area contributed by atoms with Crippen molar-refractivity contribution in [2.75, 3.05) is 11.9 Å². The molecule has 1 N–H and O–H groups in total. The number of carboxylic acids is 1. The van der Waals surface area contributed by atoms with Crippen LogP contribution in [0.2, 0.25) is 0 Å². The molecule has 0 bridgehead atoms. The molecule has 4 nitrogen and oxygen atoms in total. The number of hydrogen-bond donors (Lipinski definition) is 1. The van der Waals surface area contributed by atoms with Gasteiger partial charge in [-0.3, -0.25) is 0 Å². The average molecular weight is 246 g/mol. The van der Waals surface area contributed by atoms with Gasteiger partial charge in [-0.1, -0.05) is 0 Å². The van der Waals surface area contributed by atoms with Gasteiger partial charge in [-0.25, -0.2) is 9.78 Å². The second-order valence-corrected chi connectivity index (χ2v) is 4.81. The second kappa shape index (κ2) is 5.21. The fourth-order valence-corrected chi connectivity index (χ4v) is 1.98. The van der Waals surface area contributed by atoms with Gasteiger partial charge in [-0.15, -0.1) is 0 Å². The number of nitrogens with zero attached hydrogens (tertiary/aromatic N) is 2. The highest BCUT2D eigenvalue weighted by Gasteiger charge is 2.30. The van der Waals surface area contributed by atoms with E-state index in [1.165, 1.54) is 12.8 Å². The molecule has 0 amide bonds. The van der Waals surface area contributed by atoms with E-state index in [1.807, 2.05) is 12.1 Å². The van der Waals surface area contributed by atoms with Gasteiger partial charge >= 0.3 is 5.97 Å². The summed E-state index contributed by atoms with van der Waals surface area (Å²) < 4.78 is 0. The Bertz CT molecular complexity index is 449. The highest BCUT2D eigenvalue weighted by atomic mass is 16.4. The number of aromatic nitrogens is 1. The minimum Gasteiger partial charge on any atom is -0.478 e. The molecule has 2 rings (SSSR count). The standard InChI is InChI=1S/C14H18N2O2/c1-10(12-5-6-12)16(2)13-7-3-11(9-15-13)4-8-14(17)18/h3-4,7-10,12H,5-6H2,1-2H3,(H,17,18)/b8-4+. The first-order chi connectivity index (χ1) is 8.58. The van der Waals surface area contributed by atoms with Crippen molar-refractivity contribution >= 4 is 17.9 Å². The molecule has 4 heteroatoms. The smallest absolute Gasteiger partial charge is 0.328 e. The molecule has 1 unspecified atom stereocenters. The van der Waals surface area contributed by atoms with E-state index >= 15 is 0 Å². The molecule has 0 aromatic carbocycles. The number of rotatable bonds is 5. The summed E-state index contributed by atoms with van der Waals surface area (Å²) in [4.78, 5) is 17.0. The van der Waals surface area contributed by atoms with E-state index < -0.39 is 5.97 Å². The van der Waals surface area contributed by atoms with Gasteiger partial charge in [0.05, 0.1) is 0 Å². The molecule has 1 aromatic heterocycles. The lowest BCUT2D eigenvalue weighted by Crippen LogP contribution is -2.31. The van der Waals surface area contributed by atoms with E-state index in [0.717, 1.165) is 23.4 Å². The Hall–Kier alpha value is -1.84. The summed E-state index contributed by atoms with van der Waals surface area (Å²) in [7, 11) is 2.05. The molecular weight excluding hydrogens is 228 g/mol. The van der Waals surface area contributed by atoms with Gasteiger partial charge < -0.3 is 10.0 Å². The summed E-state index contributed by atoms with van der Waals surface area (Å²) in [6.45, 7) is 2.22. The van der Waals surface area contributed by atoms with Crippen LogP contribution in [-0.4, -0.2) is 29.1 Å². The van der Waals surface area contributed by atoms with Gasteiger partial charge in [-0.2, -0.15) is 0 Å². The highest BCUT2D eigenvalue weighted by Crippen LogP contribution is 2.35. The normalized spacial score (nSPS) is 16.8. The second-order valence-electron chi connectivity index (χ2n) is 4.81. The molecule has 1 fully saturated rings. The lowest BCUT2D eigenvalue weighted by atomic mass is 10.2. The Morgan fingerprint density at radius 3 is 2.78 bits per heavy atom. The Morgan fingerprint density at radius 2 is 2.28 bits per heavy atom. The van der Waals surface area contributed by atoms with E-state index in [1.54, 1.807) is 12.3 Å². The molecule has 0 spiro atoms. The predicted octanol–water partition coefficient (Wildman–Crippen LogP) is 2.41. The molecule has 0 radical (unpaired) electrons. The molecular formula is C14H18N2O2. The number of carbonyl (C=O) groups is 1. The molecule has 1 aromatic rings. The number of hydrogen-bond acceptors (Lipinski definition) is 3. The zero-order valence-electron chi connectivity index (χ0n) is 10.7. The molecule has 0 saturated heterocycles. The van der Waals surface area contributed by atoms with Crippen LogP contribution in [0.25, 0.3) is 6.08 Å². The molecule has 1 aliphatic rings. The summed E-state index contributed by atoms with van der Waals surface area (Å²) in [5.74, 6) is 0.781. The fourth-order valence-electron chi connectivity index (χ4n) is 1.98. The van der Waals surface area contributed by atoms with Crippen molar-refractivity contribution in [3.05, 3.63) is 30.0 Å². The number of pyridine rings is 1. The average Bonchev–Trinajstić information content (AvgIpc) is 3.19. The van der Waals surface area contributed by atoms with Crippen molar-refractivity contribution in [1.29, 1.82) is 0 Å². The first-order valence-corrected chi connectivity index (χ1v) is 6.18. The van der Waals surface area contributed by atoms with Gasteiger partial charge in [0.2, 0.25) is 0 Å². The van der Waals surface area contributed by atoms with Crippen LogP contribution < -0.4 is 4.90 Å². The minimum atomic E-state index is -0.946. The maximum absolute atomic E-state index is 10.4. The van der Waals surface area contributed by atoms with Crippen LogP contribution in [0, 0.1) is 5.92 Å². The lowest BCUT2D eigenvalue weighted by Gasteiger charge is -2.25. The highest BCUT2D eigenvalue weighted by molar-refractivity contribution is 5.85. The Kier molecular flexibility index (Phi) is 3.65. The third-order valence-electron chi connectivity index (χ3n) is 3.47. The SMILES string of the molecule is CC(C1CC1)N(C)c1ccc(/C=C/C(=O)O)cn1. The quantitative estimate of drug-likeness (QED) is 0.811. The third kappa shape index (κ3) is 3.09. The van der Waals surface area contributed by atoms with E-state index in [9.17, 15) is 4.79 Å². The lowest BCUT2D eigenvalue weighted by molar-refractivity contribution is -0.131. The molecule has 96 valence electrons. The molecule has 0 aliphatic heterocycles. The summed E-state index contributed by atoms with van der Waals surface area (Å²) in [6, 6.07) is 4.33. The maximum Gasteiger partial charge on any atom is 0.328 e. The Labute approximate surface area is 107 Å². The topological polar surface area (TPSA) is 53.4 Å². The van der Waals surface area contributed by atoms with Crippen molar-refractivity contribution in [2.45, 2.75) is 25.8 Å². The van der Waals surface area contributed by atoms with E-state index in [0.29, 0.717) is 6.04 Å². The zero-order valence-corrected chi connectivity index (χ0v) is 10.7. The third-order valence-corrected chi connectivity index (χ3v) is 3.47. The van der Waals surface area contributed by atoms with Crippen LogP contribution >= 0.6 is 0 Å². The van der Waals surface area contributed by atoms with Gasteiger partial charge in [0, 0.05) is 25.4 Å². The van der Waals surface area contributed by atoms with Crippen molar-refractivity contribution in [3.8, 4) is 0 Å². The van der Waals surface area contributed by atoms with Crippen molar-refractivity contribution in [1.82, 2.24) is 4.98 Å². The number of anilines is 1. The summed E-state index contributed by atoms with van der Waals surface area (Å²) in [5.41, 5.74) is 0.800. The monoisotopic (exact) mass is 246 g/mol. The zero-order chi connectivity index (χ0) is 13.1. The van der Waals surface area contributed by atoms with Crippen LogP contribution in [0.15, 0.2) is 24.4 Å². The molecule has 1 saturated carbocycles. The summed E-state index contributed by atoms with van der Waals surface area (Å²) in [6.07, 6.45) is 6.98. The van der Waals surface area contributed by atoms with E-state index in [4.69, 9.17) is 5.11 Å². The van der Waals surface area contributed by atoms with Crippen LogP contribution in [0.3, 0.4) is 0 Å². The van der Waals surface area contributed by atoms with Gasteiger partial charge in [-0.05, 0) is 49.5 Å². The van der Waals surface area contributed by atoms with Crippen LogP contribution in [0.1, 0.15) is 25.3 Å². The van der Waals surface area contributed by atoms with Gasteiger partial charge in [0.15, 0.2) is 0 Å². The van der Waals surface area contributed by atoms with Crippen LogP contribution in [-0.2, 0) is 4.79 Å². The maximum atomic E-state index is 10.4. The Balaban J connectivity index is 2.04. The van der Waals surface area contributed by atoms with Crippen molar-refractivity contribution in [3.63, 3.8) is 0 Å². The first-order valence-electron chi connectivity index (χ1n) is 6.18. The van der Waals surface area contributed by atoms with Crippen LogP contribution in [0.4, 0.5) is 5.82 Å². The van der Waals surface area contributed by atoms with E-state index in [-0.39, 0.29) is 0 Å². The number of carboxylic acid groups (broad SMARTS) is 1. The van der Waals surface area contributed by atoms with Gasteiger partial charge in [0.1, 0.15) is 5.82 Å². The van der Waals surface area contributed by atoms with Gasteiger partial charge in [0.25, 0.3) is 0 Å². The molecule has 1 heterocycles. The van der Waals surface area contributed by atoms with Crippen LogP contribution in [0.5, 0.6) is 0 Å². The predicted molar refractivity (Wildman–Crippen MR) is 71.5 cm³/mol.